The second-order valence-electron chi connectivity index (χ2n) is 2.32. The predicted molar refractivity (Wildman–Crippen MR) is 37.3 cm³/mol. The average Bonchev–Trinajstić information content (AvgIpc) is 2.09. The number of rotatable bonds is 1. The third-order valence-corrected chi connectivity index (χ3v) is 1.50. The van der Waals surface area contributed by atoms with Gasteiger partial charge in [0.05, 0.1) is 12.5 Å². The van der Waals surface area contributed by atoms with Crippen LogP contribution in [0.15, 0.2) is 6.07 Å². The van der Waals surface area contributed by atoms with Crippen molar-refractivity contribution in [1.29, 1.82) is 5.26 Å². The smallest absolute Gasteiger partial charge is 0.194 e. The summed E-state index contributed by atoms with van der Waals surface area (Å²) in [6, 6.07) is 1.96. The van der Waals surface area contributed by atoms with E-state index < -0.39 is 35.2 Å². The highest BCUT2D eigenvalue weighted by molar-refractivity contribution is 5.36. The Morgan fingerprint density at radius 2 is 1.92 bits per heavy atom. The molecule has 0 heterocycles. The molecule has 0 unspecified atom stereocenters. The number of nitriles is 1. The third kappa shape index (κ3) is 1.56. The van der Waals surface area contributed by atoms with Gasteiger partial charge >= 0.3 is 0 Å². The zero-order valence-electron chi connectivity index (χ0n) is 6.31. The van der Waals surface area contributed by atoms with Crippen LogP contribution in [0.25, 0.3) is 0 Å². The fraction of sp³-hybridized carbons (Fsp3) is 0.125. The molecule has 0 saturated carbocycles. The number of phenolic OH excluding ortho intramolecular Hbond substituents is 1. The summed E-state index contributed by atoms with van der Waals surface area (Å²) in [4.78, 5) is 0. The summed E-state index contributed by atoms with van der Waals surface area (Å²) >= 11 is 0. The number of aromatic hydroxyl groups is 1. The molecule has 0 aliphatic heterocycles. The topological polar surface area (TPSA) is 44.0 Å². The van der Waals surface area contributed by atoms with Gasteiger partial charge in [0.15, 0.2) is 17.5 Å². The van der Waals surface area contributed by atoms with Crippen LogP contribution in [0, 0.1) is 28.8 Å². The highest BCUT2D eigenvalue weighted by Crippen LogP contribution is 2.25. The van der Waals surface area contributed by atoms with Crippen molar-refractivity contribution >= 4 is 0 Å². The van der Waals surface area contributed by atoms with Gasteiger partial charge in [-0.15, -0.1) is 0 Å². The van der Waals surface area contributed by atoms with Crippen LogP contribution in [0.1, 0.15) is 5.56 Å². The van der Waals surface area contributed by atoms with Crippen molar-refractivity contribution in [2.75, 3.05) is 0 Å². The summed E-state index contributed by atoms with van der Waals surface area (Å²) in [5.41, 5.74) is -0.526. The molecule has 0 saturated heterocycles. The van der Waals surface area contributed by atoms with Crippen LogP contribution in [0.4, 0.5) is 13.2 Å². The van der Waals surface area contributed by atoms with E-state index in [2.05, 4.69) is 0 Å². The molecule has 0 aliphatic rings. The Hall–Kier alpha value is -1.70. The predicted octanol–water partition coefficient (Wildman–Crippen LogP) is 1.88. The van der Waals surface area contributed by atoms with E-state index in [1.165, 1.54) is 6.07 Å². The van der Waals surface area contributed by atoms with Crippen molar-refractivity contribution < 1.29 is 18.3 Å². The van der Waals surface area contributed by atoms with E-state index in [1.807, 2.05) is 0 Å². The quantitative estimate of drug-likeness (QED) is 0.682. The molecule has 0 bridgehead atoms. The van der Waals surface area contributed by atoms with Gasteiger partial charge in [-0.3, -0.25) is 0 Å². The Labute approximate surface area is 71.8 Å². The second kappa shape index (κ2) is 3.35. The number of hydrogen-bond donors (Lipinski definition) is 1. The van der Waals surface area contributed by atoms with E-state index in [9.17, 15) is 13.2 Å². The molecule has 1 aromatic carbocycles. The average molecular weight is 187 g/mol. The maximum absolute atomic E-state index is 12.8. The van der Waals surface area contributed by atoms with Gasteiger partial charge in [-0.05, 0) is 0 Å². The van der Waals surface area contributed by atoms with E-state index in [0.29, 0.717) is 6.07 Å². The molecule has 2 nitrogen and oxygen atoms in total. The SMILES string of the molecule is N#CCc1c(O)cc(F)c(F)c1F. The van der Waals surface area contributed by atoms with Crippen LogP contribution < -0.4 is 0 Å². The van der Waals surface area contributed by atoms with Gasteiger partial charge < -0.3 is 5.11 Å². The van der Waals surface area contributed by atoms with Crippen molar-refractivity contribution in [3.63, 3.8) is 0 Å². The van der Waals surface area contributed by atoms with Gasteiger partial charge in [0.1, 0.15) is 5.75 Å². The normalized spacial score (nSPS) is 9.69. The lowest BCUT2D eigenvalue weighted by Crippen LogP contribution is -1.97. The molecule has 5 heteroatoms. The fourth-order valence-corrected chi connectivity index (χ4v) is 0.867. The van der Waals surface area contributed by atoms with Gasteiger partial charge in [0.2, 0.25) is 0 Å². The number of phenols is 1. The van der Waals surface area contributed by atoms with Crippen LogP contribution >= 0.6 is 0 Å². The van der Waals surface area contributed by atoms with Crippen LogP contribution in [0.2, 0.25) is 0 Å². The molecule has 0 aromatic heterocycles. The fourth-order valence-electron chi connectivity index (χ4n) is 0.867. The Morgan fingerprint density at radius 1 is 1.31 bits per heavy atom. The molecule has 0 amide bonds. The molecular formula is C8H4F3NO. The number of nitrogens with zero attached hydrogens (tertiary/aromatic N) is 1. The minimum absolute atomic E-state index is 0.436. The lowest BCUT2D eigenvalue weighted by Gasteiger charge is -2.03. The molecule has 1 N–H and O–H groups in total. The second-order valence-corrected chi connectivity index (χ2v) is 2.32. The third-order valence-electron chi connectivity index (χ3n) is 1.50. The lowest BCUT2D eigenvalue weighted by atomic mass is 10.1. The molecule has 68 valence electrons. The van der Waals surface area contributed by atoms with E-state index in [0.717, 1.165) is 0 Å². The molecule has 1 rings (SSSR count). The Balaban J connectivity index is 3.36. The van der Waals surface area contributed by atoms with E-state index in [1.54, 1.807) is 0 Å². The van der Waals surface area contributed by atoms with Crippen molar-refractivity contribution in [3.05, 3.63) is 29.1 Å². The zero-order chi connectivity index (χ0) is 10.0. The van der Waals surface area contributed by atoms with Crippen molar-refractivity contribution in [2.24, 2.45) is 0 Å². The summed E-state index contributed by atoms with van der Waals surface area (Å²) in [7, 11) is 0. The van der Waals surface area contributed by atoms with Crippen molar-refractivity contribution in [3.8, 4) is 11.8 Å². The molecule has 0 aliphatic carbocycles. The molecule has 0 spiro atoms. The highest BCUT2D eigenvalue weighted by atomic mass is 19.2. The van der Waals surface area contributed by atoms with Crippen molar-refractivity contribution in [2.45, 2.75) is 6.42 Å². The maximum atomic E-state index is 12.8. The van der Waals surface area contributed by atoms with Crippen LogP contribution in [0.5, 0.6) is 5.75 Å². The highest BCUT2D eigenvalue weighted by Gasteiger charge is 2.17. The molecule has 0 atom stereocenters. The first kappa shape index (κ1) is 9.39. The summed E-state index contributed by atoms with van der Waals surface area (Å²) in [6.45, 7) is 0. The van der Waals surface area contributed by atoms with Crippen LogP contribution in [-0.2, 0) is 6.42 Å². The number of hydrogen-bond acceptors (Lipinski definition) is 2. The summed E-state index contributed by atoms with van der Waals surface area (Å²) in [6.07, 6.45) is -0.505. The molecule has 0 radical (unpaired) electrons. The number of benzene rings is 1. The first-order valence-corrected chi connectivity index (χ1v) is 3.30. The van der Waals surface area contributed by atoms with E-state index in [-0.39, 0.29) is 0 Å². The molecule has 13 heavy (non-hydrogen) atoms. The van der Waals surface area contributed by atoms with Gasteiger partial charge in [-0.1, -0.05) is 0 Å². The molecule has 1 aromatic rings. The summed E-state index contributed by atoms with van der Waals surface area (Å²) in [5, 5.41) is 17.1. The Morgan fingerprint density at radius 3 is 2.46 bits per heavy atom. The zero-order valence-corrected chi connectivity index (χ0v) is 6.31. The largest absolute Gasteiger partial charge is 0.507 e. The number of halogens is 3. The Bertz CT molecular complexity index is 384. The summed E-state index contributed by atoms with van der Waals surface area (Å²) < 4.78 is 37.7. The van der Waals surface area contributed by atoms with E-state index >= 15 is 0 Å². The first-order valence-electron chi connectivity index (χ1n) is 3.30. The maximum Gasteiger partial charge on any atom is 0.194 e. The lowest BCUT2D eigenvalue weighted by molar-refractivity contribution is 0.411. The van der Waals surface area contributed by atoms with Crippen LogP contribution in [0.3, 0.4) is 0 Å². The Kier molecular flexibility index (Phi) is 2.42. The molecular weight excluding hydrogens is 183 g/mol. The van der Waals surface area contributed by atoms with E-state index in [4.69, 9.17) is 10.4 Å². The van der Waals surface area contributed by atoms with Gasteiger partial charge in [-0.25, -0.2) is 13.2 Å². The monoisotopic (exact) mass is 187 g/mol. The van der Waals surface area contributed by atoms with Gasteiger partial charge in [-0.2, -0.15) is 5.26 Å². The minimum Gasteiger partial charge on any atom is -0.507 e. The molecule has 0 fully saturated rings. The minimum atomic E-state index is -1.68. The van der Waals surface area contributed by atoms with Crippen molar-refractivity contribution in [1.82, 2.24) is 0 Å². The van der Waals surface area contributed by atoms with Gasteiger partial charge in [0.25, 0.3) is 0 Å². The van der Waals surface area contributed by atoms with Gasteiger partial charge in [0, 0.05) is 11.6 Å². The summed E-state index contributed by atoms with van der Waals surface area (Å²) in [5.74, 6) is -5.42. The standard InChI is InChI=1S/C8H4F3NO/c9-5-3-6(13)4(1-2-12)7(10)8(5)11/h3,13H,1H2. The van der Waals surface area contributed by atoms with Crippen LogP contribution in [-0.4, -0.2) is 5.11 Å². The first-order chi connectivity index (χ1) is 6.07.